The predicted molar refractivity (Wildman–Crippen MR) is 124 cm³/mol. The SMILES string of the molecule is O=C(CNC(=O)OCc1ccccc1)N[C@@H](Cc1ccc(C(=O)c2ccccc2)cc1)C(=O)O. The minimum absolute atomic E-state index is 0.0132. The van der Waals surface area contributed by atoms with Crippen molar-refractivity contribution in [2.45, 2.75) is 19.1 Å². The monoisotopic (exact) mass is 460 g/mol. The molecular weight excluding hydrogens is 436 g/mol. The number of carboxylic acids is 1. The van der Waals surface area contributed by atoms with Gasteiger partial charge in [0.25, 0.3) is 0 Å². The van der Waals surface area contributed by atoms with Crippen LogP contribution in [0.5, 0.6) is 0 Å². The third kappa shape index (κ3) is 7.30. The van der Waals surface area contributed by atoms with Crippen molar-refractivity contribution in [2.75, 3.05) is 6.54 Å². The van der Waals surface area contributed by atoms with E-state index < -0.39 is 30.6 Å². The first kappa shape index (κ1) is 24.2. The van der Waals surface area contributed by atoms with Crippen LogP contribution in [0.25, 0.3) is 0 Å². The molecule has 0 saturated heterocycles. The predicted octanol–water partition coefficient (Wildman–Crippen LogP) is 2.96. The van der Waals surface area contributed by atoms with Crippen LogP contribution < -0.4 is 10.6 Å². The first-order valence-corrected chi connectivity index (χ1v) is 10.6. The Kier molecular flexibility index (Phi) is 8.51. The van der Waals surface area contributed by atoms with Crippen LogP contribution in [0.1, 0.15) is 27.0 Å². The molecule has 34 heavy (non-hydrogen) atoms. The summed E-state index contributed by atoms with van der Waals surface area (Å²) in [6.45, 7) is -0.378. The van der Waals surface area contributed by atoms with Gasteiger partial charge in [0.2, 0.25) is 5.91 Å². The Balaban J connectivity index is 1.48. The number of carbonyl (C=O) groups is 4. The fraction of sp³-hybridized carbons (Fsp3) is 0.154. The lowest BCUT2D eigenvalue weighted by molar-refractivity contribution is -0.141. The minimum atomic E-state index is -1.22. The van der Waals surface area contributed by atoms with E-state index in [0.717, 1.165) is 5.56 Å². The summed E-state index contributed by atoms with van der Waals surface area (Å²) in [5, 5.41) is 14.2. The number of hydrogen-bond donors (Lipinski definition) is 3. The molecular formula is C26H24N2O6. The topological polar surface area (TPSA) is 122 Å². The van der Waals surface area contributed by atoms with Gasteiger partial charge in [0.05, 0.1) is 0 Å². The molecule has 0 aromatic heterocycles. The normalized spacial score (nSPS) is 11.2. The molecule has 0 spiro atoms. The van der Waals surface area contributed by atoms with E-state index in [2.05, 4.69) is 10.6 Å². The van der Waals surface area contributed by atoms with Crippen molar-refractivity contribution >= 4 is 23.8 Å². The van der Waals surface area contributed by atoms with Gasteiger partial charge in [-0.3, -0.25) is 9.59 Å². The maximum absolute atomic E-state index is 12.5. The van der Waals surface area contributed by atoms with Gasteiger partial charge in [-0.2, -0.15) is 0 Å². The zero-order valence-electron chi connectivity index (χ0n) is 18.3. The first-order chi connectivity index (χ1) is 16.4. The average molecular weight is 460 g/mol. The van der Waals surface area contributed by atoms with Gasteiger partial charge >= 0.3 is 12.1 Å². The number of hydrogen-bond acceptors (Lipinski definition) is 5. The van der Waals surface area contributed by atoms with Crippen LogP contribution in [0.4, 0.5) is 4.79 Å². The largest absolute Gasteiger partial charge is 0.480 e. The summed E-state index contributed by atoms with van der Waals surface area (Å²) in [5.74, 6) is -2.02. The summed E-state index contributed by atoms with van der Waals surface area (Å²) in [6, 6.07) is 23.2. The van der Waals surface area contributed by atoms with Crippen molar-refractivity contribution in [3.63, 3.8) is 0 Å². The lowest BCUT2D eigenvalue weighted by atomic mass is 9.99. The van der Waals surface area contributed by atoms with Crippen molar-refractivity contribution in [1.82, 2.24) is 10.6 Å². The van der Waals surface area contributed by atoms with Crippen molar-refractivity contribution in [3.8, 4) is 0 Å². The maximum Gasteiger partial charge on any atom is 0.407 e. The summed E-state index contributed by atoms with van der Waals surface area (Å²) in [6.07, 6.45) is -0.774. The molecule has 0 unspecified atom stereocenters. The highest BCUT2D eigenvalue weighted by Gasteiger charge is 2.21. The third-order valence-electron chi connectivity index (χ3n) is 4.93. The van der Waals surface area contributed by atoms with Gasteiger partial charge in [0.1, 0.15) is 19.2 Å². The van der Waals surface area contributed by atoms with Crippen LogP contribution in [-0.2, 0) is 27.4 Å². The molecule has 0 aliphatic heterocycles. The smallest absolute Gasteiger partial charge is 0.407 e. The molecule has 0 bridgehead atoms. The molecule has 0 aliphatic carbocycles. The highest BCUT2D eigenvalue weighted by molar-refractivity contribution is 6.08. The fourth-order valence-corrected chi connectivity index (χ4v) is 3.16. The number of amides is 2. The number of benzene rings is 3. The maximum atomic E-state index is 12.5. The van der Waals surface area contributed by atoms with E-state index in [1.807, 2.05) is 24.3 Å². The van der Waals surface area contributed by atoms with Gasteiger partial charge in [-0.15, -0.1) is 0 Å². The number of carboxylic acid groups (broad SMARTS) is 1. The van der Waals surface area contributed by atoms with Crippen LogP contribution in [0.15, 0.2) is 84.9 Å². The van der Waals surface area contributed by atoms with Gasteiger partial charge in [0, 0.05) is 17.5 Å². The van der Waals surface area contributed by atoms with Crippen LogP contribution in [0.3, 0.4) is 0 Å². The Morgan fingerprint density at radius 2 is 1.35 bits per heavy atom. The van der Waals surface area contributed by atoms with E-state index in [4.69, 9.17) is 4.74 Å². The number of alkyl carbamates (subject to hydrolysis) is 1. The van der Waals surface area contributed by atoms with Gasteiger partial charge in [-0.25, -0.2) is 9.59 Å². The Hall–Kier alpha value is -4.46. The van der Waals surface area contributed by atoms with Crippen LogP contribution in [0.2, 0.25) is 0 Å². The standard InChI is InChI=1S/C26H24N2O6/c29-23(16-27-26(33)34-17-19-7-3-1-4-8-19)28-22(25(31)32)15-18-11-13-21(14-12-18)24(30)20-9-5-2-6-10-20/h1-14,22H,15-17H2,(H,27,33)(H,28,29)(H,31,32)/t22-/m0/s1. The second-order valence-corrected chi connectivity index (χ2v) is 7.47. The molecule has 1 atom stereocenters. The summed E-state index contributed by atoms with van der Waals surface area (Å²) < 4.78 is 5.02. The number of ether oxygens (including phenoxy) is 1. The van der Waals surface area contributed by atoms with Gasteiger partial charge in [0.15, 0.2) is 5.78 Å². The van der Waals surface area contributed by atoms with Crippen molar-refractivity contribution < 1.29 is 29.0 Å². The second kappa shape index (κ2) is 12.0. The van der Waals surface area contributed by atoms with Crippen molar-refractivity contribution in [1.29, 1.82) is 0 Å². The molecule has 174 valence electrons. The number of aliphatic carboxylic acids is 1. The van der Waals surface area contributed by atoms with E-state index in [1.165, 1.54) is 0 Å². The molecule has 3 rings (SSSR count). The quantitative estimate of drug-likeness (QED) is 0.400. The first-order valence-electron chi connectivity index (χ1n) is 10.6. The average Bonchev–Trinajstić information content (AvgIpc) is 2.87. The molecule has 2 amide bonds. The van der Waals surface area contributed by atoms with Gasteiger partial charge in [-0.1, -0.05) is 84.9 Å². The van der Waals surface area contributed by atoms with Crippen molar-refractivity contribution in [2.24, 2.45) is 0 Å². The van der Waals surface area contributed by atoms with Crippen LogP contribution in [0, 0.1) is 0 Å². The van der Waals surface area contributed by atoms with E-state index in [1.54, 1.807) is 60.7 Å². The molecule has 3 aromatic carbocycles. The molecule has 0 fully saturated rings. The summed E-state index contributed by atoms with van der Waals surface area (Å²) >= 11 is 0. The molecule has 0 saturated carbocycles. The highest BCUT2D eigenvalue weighted by Crippen LogP contribution is 2.12. The van der Waals surface area contributed by atoms with Gasteiger partial charge < -0.3 is 20.5 Å². The molecule has 3 N–H and O–H groups in total. The van der Waals surface area contributed by atoms with E-state index >= 15 is 0 Å². The third-order valence-corrected chi connectivity index (χ3v) is 4.93. The number of carbonyl (C=O) groups excluding carboxylic acids is 3. The summed E-state index contributed by atoms with van der Waals surface area (Å²) in [5.41, 5.74) is 2.46. The number of ketones is 1. The summed E-state index contributed by atoms with van der Waals surface area (Å²) in [7, 11) is 0. The van der Waals surface area contributed by atoms with Crippen molar-refractivity contribution in [3.05, 3.63) is 107 Å². The van der Waals surface area contributed by atoms with E-state index in [0.29, 0.717) is 16.7 Å². The fourth-order valence-electron chi connectivity index (χ4n) is 3.16. The van der Waals surface area contributed by atoms with E-state index in [9.17, 15) is 24.3 Å². The minimum Gasteiger partial charge on any atom is -0.480 e. The second-order valence-electron chi connectivity index (χ2n) is 7.47. The molecule has 8 heteroatoms. The lowest BCUT2D eigenvalue weighted by Crippen LogP contribution is -2.46. The Labute approximate surface area is 196 Å². The van der Waals surface area contributed by atoms with Crippen LogP contribution >= 0.6 is 0 Å². The molecule has 3 aromatic rings. The zero-order valence-corrected chi connectivity index (χ0v) is 18.3. The molecule has 0 radical (unpaired) electrons. The van der Waals surface area contributed by atoms with Gasteiger partial charge in [-0.05, 0) is 11.1 Å². The summed E-state index contributed by atoms with van der Waals surface area (Å²) in [4.78, 5) is 48.0. The Morgan fingerprint density at radius 1 is 0.765 bits per heavy atom. The lowest BCUT2D eigenvalue weighted by Gasteiger charge is -2.15. The van der Waals surface area contributed by atoms with E-state index in [-0.39, 0.29) is 18.8 Å². The Morgan fingerprint density at radius 3 is 1.97 bits per heavy atom. The Bertz CT molecular complexity index is 1130. The number of nitrogens with one attached hydrogen (secondary N) is 2. The molecule has 0 heterocycles. The highest BCUT2D eigenvalue weighted by atomic mass is 16.5. The zero-order chi connectivity index (χ0) is 24.3. The van der Waals surface area contributed by atoms with Crippen LogP contribution in [-0.4, -0.2) is 41.4 Å². The molecule has 0 aliphatic rings. The number of rotatable bonds is 10. The molecule has 8 nitrogen and oxygen atoms in total.